The first-order valence-corrected chi connectivity index (χ1v) is 9.99. The van der Waals surface area contributed by atoms with Crippen LogP contribution in [0.2, 0.25) is 0 Å². The number of amides is 2. The predicted molar refractivity (Wildman–Crippen MR) is 113 cm³/mol. The number of aryl methyl sites for hydroxylation is 1. The van der Waals surface area contributed by atoms with Crippen LogP contribution in [0.3, 0.4) is 0 Å². The minimum absolute atomic E-state index is 0.193. The average Bonchev–Trinajstić information content (AvgIpc) is 3.22. The quantitative estimate of drug-likeness (QED) is 0.724. The number of rotatable bonds is 8. The molecule has 2 aromatic rings. The molecule has 2 N–H and O–H groups in total. The first-order valence-electron chi connectivity index (χ1n) is 9.99. The number of benzene rings is 2. The fourth-order valence-electron chi connectivity index (χ4n) is 3.27. The van der Waals surface area contributed by atoms with Gasteiger partial charge in [0.2, 0.25) is 12.0 Å². The van der Waals surface area contributed by atoms with Gasteiger partial charge in [-0.1, -0.05) is 66.7 Å². The summed E-state index contributed by atoms with van der Waals surface area (Å²) in [5, 5.41) is 9.83. The second-order valence-corrected chi connectivity index (χ2v) is 7.19. The van der Waals surface area contributed by atoms with E-state index in [1.165, 1.54) is 0 Å². The maximum Gasteiger partial charge on any atom is 0.265 e. The van der Waals surface area contributed by atoms with E-state index in [2.05, 4.69) is 15.8 Å². The third kappa shape index (κ3) is 5.44. The molecule has 0 saturated heterocycles. The van der Waals surface area contributed by atoms with Crippen molar-refractivity contribution in [1.29, 1.82) is 0 Å². The normalized spacial score (nSPS) is 16.5. The van der Waals surface area contributed by atoms with E-state index < -0.39 is 12.1 Å². The highest BCUT2D eigenvalue weighted by atomic mass is 16.6. The molecule has 0 aromatic heterocycles. The van der Waals surface area contributed by atoms with Gasteiger partial charge in [-0.2, -0.15) is 0 Å². The topological polar surface area (TPSA) is 79.8 Å². The van der Waals surface area contributed by atoms with Crippen LogP contribution in [0.5, 0.6) is 0 Å². The SMILES string of the molecule is CCCNC(=O)[C@@H](Cc1ccccc1)NC(=O)[C@@H]1CC(c2ccccc2C)=NO1. The standard InChI is InChI=1S/C23H27N3O3/c1-3-13-24-22(27)20(14-17-10-5-4-6-11-17)25-23(28)21-15-19(26-29-21)18-12-8-7-9-16(18)2/h4-12,20-21H,3,13-15H2,1-2H3,(H,24,27)(H,25,28)/t20-,21+/m1/s1. The van der Waals surface area contributed by atoms with E-state index in [1.54, 1.807) is 0 Å². The van der Waals surface area contributed by atoms with E-state index in [0.717, 1.165) is 28.8 Å². The van der Waals surface area contributed by atoms with Crippen molar-refractivity contribution in [3.8, 4) is 0 Å². The van der Waals surface area contributed by atoms with E-state index in [1.807, 2.05) is 68.4 Å². The van der Waals surface area contributed by atoms with Crippen molar-refractivity contribution in [1.82, 2.24) is 10.6 Å². The van der Waals surface area contributed by atoms with Crippen LogP contribution in [0.15, 0.2) is 59.8 Å². The van der Waals surface area contributed by atoms with Crippen LogP contribution < -0.4 is 10.6 Å². The molecule has 0 fully saturated rings. The summed E-state index contributed by atoms with van der Waals surface area (Å²) >= 11 is 0. The van der Waals surface area contributed by atoms with Gasteiger partial charge in [0.05, 0.1) is 5.71 Å². The summed E-state index contributed by atoms with van der Waals surface area (Å²) in [5.74, 6) is -0.521. The van der Waals surface area contributed by atoms with E-state index in [4.69, 9.17) is 4.84 Å². The predicted octanol–water partition coefficient (Wildman–Crippen LogP) is 2.74. The maximum atomic E-state index is 12.8. The van der Waals surface area contributed by atoms with Crippen LogP contribution in [0.1, 0.15) is 36.5 Å². The molecule has 3 rings (SSSR count). The Labute approximate surface area is 171 Å². The summed E-state index contributed by atoms with van der Waals surface area (Å²) in [6.07, 6.45) is 0.893. The Balaban J connectivity index is 1.65. The monoisotopic (exact) mass is 393 g/mol. The van der Waals surface area contributed by atoms with E-state index in [-0.39, 0.29) is 11.8 Å². The zero-order valence-corrected chi connectivity index (χ0v) is 16.9. The smallest absolute Gasteiger partial charge is 0.265 e. The molecule has 1 aliphatic heterocycles. The molecule has 2 atom stereocenters. The van der Waals surface area contributed by atoms with E-state index in [0.29, 0.717) is 19.4 Å². The molecule has 0 spiro atoms. The first kappa shape index (κ1) is 20.6. The van der Waals surface area contributed by atoms with Gasteiger partial charge in [-0.3, -0.25) is 9.59 Å². The zero-order chi connectivity index (χ0) is 20.6. The van der Waals surface area contributed by atoms with Crippen molar-refractivity contribution in [3.63, 3.8) is 0 Å². The fourth-order valence-corrected chi connectivity index (χ4v) is 3.27. The molecule has 0 bridgehead atoms. The molecule has 1 aliphatic rings. The van der Waals surface area contributed by atoms with Crippen molar-refractivity contribution in [2.45, 2.75) is 45.3 Å². The molecule has 152 valence electrons. The Hall–Kier alpha value is -3.15. The Morgan fingerprint density at radius 3 is 2.59 bits per heavy atom. The van der Waals surface area contributed by atoms with Gasteiger partial charge in [-0.05, 0) is 24.5 Å². The molecule has 0 saturated carbocycles. The third-order valence-electron chi connectivity index (χ3n) is 4.88. The van der Waals surface area contributed by atoms with Gasteiger partial charge in [-0.15, -0.1) is 0 Å². The molecule has 2 amide bonds. The first-order chi connectivity index (χ1) is 14.1. The highest BCUT2D eigenvalue weighted by molar-refractivity contribution is 6.05. The highest BCUT2D eigenvalue weighted by Gasteiger charge is 2.32. The maximum absolute atomic E-state index is 12.8. The number of hydrogen-bond acceptors (Lipinski definition) is 4. The molecule has 1 heterocycles. The molecule has 6 nitrogen and oxygen atoms in total. The van der Waals surface area contributed by atoms with Crippen LogP contribution in [0.25, 0.3) is 0 Å². The van der Waals surface area contributed by atoms with Gasteiger partial charge in [0.15, 0.2) is 0 Å². The lowest BCUT2D eigenvalue weighted by Crippen LogP contribution is -2.51. The Morgan fingerprint density at radius 1 is 1.14 bits per heavy atom. The van der Waals surface area contributed by atoms with Gasteiger partial charge in [-0.25, -0.2) is 0 Å². The summed E-state index contributed by atoms with van der Waals surface area (Å²) in [7, 11) is 0. The van der Waals surface area contributed by atoms with Gasteiger partial charge in [0.1, 0.15) is 6.04 Å². The Morgan fingerprint density at radius 2 is 1.86 bits per heavy atom. The van der Waals surface area contributed by atoms with Crippen molar-refractivity contribution in [2.24, 2.45) is 5.16 Å². The lowest BCUT2D eigenvalue weighted by Gasteiger charge is -2.20. The number of carbonyl (C=O) groups excluding carboxylic acids is 2. The minimum atomic E-state index is -0.734. The van der Waals surface area contributed by atoms with Crippen molar-refractivity contribution in [3.05, 3.63) is 71.3 Å². The number of nitrogens with zero attached hydrogens (tertiary/aromatic N) is 1. The Kier molecular flexibility index (Phi) is 7.00. The van der Waals surface area contributed by atoms with Crippen molar-refractivity contribution < 1.29 is 14.4 Å². The molecular weight excluding hydrogens is 366 g/mol. The van der Waals surface area contributed by atoms with Gasteiger partial charge in [0, 0.05) is 24.9 Å². The molecule has 0 aliphatic carbocycles. The fraction of sp³-hybridized carbons (Fsp3) is 0.348. The molecule has 2 aromatic carbocycles. The number of hydrogen-bond donors (Lipinski definition) is 2. The van der Waals surface area contributed by atoms with Crippen LogP contribution in [-0.2, 0) is 20.8 Å². The minimum Gasteiger partial charge on any atom is -0.382 e. The molecular formula is C23H27N3O3. The molecule has 0 unspecified atom stereocenters. The van der Waals surface area contributed by atoms with Crippen molar-refractivity contribution >= 4 is 17.5 Å². The van der Waals surface area contributed by atoms with Crippen LogP contribution in [0, 0.1) is 6.92 Å². The highest BCUT2D eigenvalue weighted by Crippen LogP contribution is 2.19. The van der Waals surface area contributed by atoms with Gasteiger partial charge >= 0.3 is 0 Å². The second kappa shape index (κ2) is 9.87. The second-order valence-electron chi connectivity index (χ2n) is 7.19. The summed E-state index contributed by atoms with van der Waals surface area (Å²) in [6.45, 7) is 4.56. The molecule has 6 heteroatoms. The van der Waals surface area contributed by atoms with Crippen LogP contribution >= 0.6 is 0 Å². The molecule has 29 heavy (non-hydrogen) atoms. The number of nitrogens with one attached hydrogen (secondary N) is 2. The van der Waals surface area contributed by atoms with Crippen molar-refractivity contribution in [2.75, 3.05) is 6.54 Å². The summed E-state index contributed by atoms with van der Waals surface area (Å²) in [6, 6.07) is 16.8. The lowest BCUT2D eigenvalue weighted by atomic mass is 9.99. The summed E-state index contributed by atoms with van der Waals surface area (Å²) < 4.78 is 0. The summed E-state index contributed by atoms with van der Waals surface area (Å²) in [5.41, 5.74) is 3.79. The van der Waals surface area contributed by atoms with E-state index >= 15 is 0 Å². The zero-order valence-electron chi connectivity index (χ0n) is 16.9. The van der Waals surface area contributed by atoms with Crippen LogP contribution in [0.4, 0.5) is 0 Å². The average molecular weight is 393 g/mol. The number of carbonyl (C=O) groups is 2. The van der Waals surface area contributed by atoms with Gasteiger partial charge in [0.25, 0.3) is 5.91 Å². The largest absolute Gasteiger partial charge is 0.382 e. The van der Waals surface area contributed by atoms with Crippen LogP contribution in [-0.4, -0.2) is 36.2 Å². The lowest BCUT2D eigenvalue weighted by molar-refractivity contribution is -0.135. The van der Waals surface area contributed by atoms with E-state index in [9.17, 15) is 9.59 Å². The third-order valence-corrected chi connectivity index (χ3v) is 4.88. The Bertz CT molecular complexity index is 880. The number of oxime groups is 1. The summed E-state index contributed by atoms with van der Waals surface area (Å²) in [4.78, 5) is 30.8. The van der Waals surface area contributed by atoms with Gasteiger partial charge < -0.3 is 15.5 Å². The molecule has 0 radical (unpaired) electrons.